The fourth-order valence-electron chi connectivity index (χ4n) is 3.01. The average molecular weight is 314 g/mol. The van der Waals surface area contributed by atoms with Gasteiger partial charge in [-0.15, -0.1) is 0 Å². The second kappa shape index (κ2) is 6.20. The van der Waals surface area contributed by atoms with Crippen molar-refractivity contribution >= 4 is 28.4 Å². The van der Waals surface area contributed by atoms with Crippen LogP contribution in [0.4, 0.5) is 11.4 Å². The molecule has 0 N–H and O–H groups in total. The number of allylic oxidation sites excluding steroid dienone is 1. The maximum absolute atomic E-state index is 6.05. The lowest BCUT2D eigenvalue weighted by Crippen LogP contribution is -2.19. The third kappa shape index (κ3) is 2.54. The van der Waals surface area contributed by atoms with E-state index in [4.69, 9.17) is 4.74 Å². The van der Waals surface area contributed by atoms with Crippen molar-refractivity contribution in [1.29, 1.82) is 0 Å². The number of aliphatic imine (C=N–C) groups is 1. The van der Waals surface area contributed by atoms with Crippen molar-refractivity contribution in [3.63, 3.8) is 0 Å². The first kappa shape index (κ1) is 14.5. The van der Waals surface area contributed by atoms with Crippen molar-refractivity contribution in [2.24, 2.45) is 4.99 Å². The van der Waals surface area contributed by atoms with E-state index in [1.165, 1.54) is 10.8 Å². The zero-order valence-corrected chi connectivity index (χ0v) is 13.5. The number of nitrogens with zero attached hydrogens (tertiary/aromatic N) is 2. The Bertz CT molecular complexity index is 929. The Morgan fingerprint density at radius 3 is 2.58 bits per heavy atom. The van der Waals surface area contributed by atoms with Gasteiger partial charge in [0.15, 0.2) is 5.75 Å². The number of rotatable bonds is 3. The number of hydrogen-bond donors (Lipinski definition) is 0. The maximum Gasteiger partial charge on any atom is 0.202 e. The zero-order chi connectivity index (χ0) is 16.4. The second-order valence-electron chi connectivity index (χ2n) is 5.60. The first-order chi connectivity index (χ1) is 11.9. The van der Waals surface area contributed by atoms with Crippen LogP contribution in [0.5, 0.6) is 5.75 Å². The largest absolute Gasteiger partial charge is 0.439 e. The predicted octanol–water partition coefficient (Wildman–Crippen LogP) is 5.30. The molecular weight excluding hydrogens is 296 g/mol. The van der Waals surface area contributed by atoms with Crippen LogP contribution in [0, 0.1) is 0 Å². The Morgan fingerprint density at radius 2 is 1.75 bits per heavy atom. The number of para-hydroxylation sites is 1. The number of benzene rings is 3. The summed E-state index contributed by atoms with van der Waals surface area (Å²) in [6.45, 7) is 2.97. The highest BCUT2D eigenvalue weighted by atomic mass is 16.5. The summed E-state index contributed by atoms with van der Waals surface area (Å²) in [5.74, 6) is 1.71. The molecule has 0 fully saturated rings. The van der Waals surface area contributed by atoms with Crippen molar-refractivity contribution in [3.8, 4) is 5.75 Å². The molecule has 1 aliphatic rings. The summed E-state index contributed by atoms with van der Waals surface area (Å²) in [5.41, 5.74) is 2.06. The van der Waals surface area contributed by atoms with Crippen LogP contribution in [0.3, 0.4) is 0 Å². The summed E-state index contributed by atoms with van der Waals surface area (Å²) < 4.78 is 6.05. The van der Waals surface area contributed by atoms with E-state index >= 15 is 0 Å². The molecule has 3 aromatic carbocycles. The molecule has 0 amide bonds. The van der Waals surface area contributed by atoms with Crippen LogP contribution in [0.1, 0.15) is 6.92 Å². The molecule has 0 spiro atoms. The molecule has 3 aromatic rings. The fourth-order valence-corrected chi connectivity index (χ4v) is 3.01. The van der Waals surface area contributed by atoms with Gasteiger partial charge in [0.2, 0.25) is 5.88 Å². The quantitative estimate of drug-likeness (QED) is 0.613. The van der Waals surface area contributed by atoms with Crippen LogP contribution in [0.25, 0.3) is 10.8 Å². The fraction of sp³-hybridized carbons (Fsp3) is 0.0952. The molecule has 4 rings (SSSR count). The van der Waals surface area contributed by atoms with Gasteiger partial charge in [0.1, 0.15) is 0 Å². The van der Waals surface area contributed by atoms with Crippen molar-refractivity contribution in [1.82, 2.24) is 0 Å². The van der Waals surface area contributed by atoms with Gasteiger partial charge in [-0.2, -0.15) is 0 Å². The molecule has 1 heterocycles. The Morgan fingerprint density at radius 1 is 0.958 bits per heavy atom. The Kier molecular flexibility index (Phi) is 3.75. The summed E-state index contributed by atoms with van der Waals surface area (Å²) in [6, 6.07) is 22.4. The normalized spacial score (nSPS) is 15.2. The standard InChI is InChI=1S/C21H18N2O/c1-2-23-20(14-15-22-17-9-4-3-5-10-17)24-19-13-12-16-8-6-7-11-18(16)21(19)23/h3-15H,2H2,1H3/b20-14+,22-15?. The SMILES string of the molecule is CCN1/C(=C\C=Nc2ccccc2)Oc2ccc3ccccc3c21. The van der Waals surface area contributed by atoms with Crippen molar-refractivity contribution in [3.05, 3.63) is 78.7 Å². The van der Waals surface area contributed by atoms with Gasteiger partial charge in [0, 0.05) is 24.2 Å². The van der Waals surface area contributed by atoms with E-state index in [0.29, 0.717) is 0 Å². The minimum atomic E-state index is 0.809. The van der Waals surface area contributed by atoms with Gasteiger partial charge in [0.05, 0.1) is 11.4 Å². The third-order valence-electron chi connectivity index (χ3n) is 4.13. The highest BCUT2D eigenvalue weighted by Gasteiger charge is 2.26. The molecule has 24 heavy (non-hydrogen) atoms. The van der Waals surface area contributed by atoms with Crippen LogP contribution in [0.15, 0.2) is 83.7 Å². The maximum atomic E-state index is 6.05. The van der Waals surface area contributed by atoms with Crippen LogP contribution in [0.2, 0.25) is 0 Å². The smallest absolute Gasteiger partial charge is 0.202 e. The summed E-state index contributed by atoms with van der Waals surface area (Å²) in [4.78, 5) is 6.64. The second-order valence-corrected chi connectivity index (χ2v) is 5.60. The lowest BCUT2D eigenvalue weighted by molar-refractivity contribution is 0.441. The molecule has 0 saturated carbocycles. The number of hydrogen-bond acceptors (Lipinski definition) is 3. The zero-order valence-electron chi connectivity index (χ0n) is 13.5. The monoisotopic (exact) mass is 314 g/mol. The summed E-state index contributed by atoms with van der Waals surface area (Å²) in [7, 11) is 0. The summed E-state index contributed by atoms with van der Waals surface area (Å²) in [5, 5.41) is 2.43. The van der Waals surface area contributed by atoms with Gasteiger partial charge in [-0.3, -0.25) is 4.99 Å². The minimum absolute atomic E-state index is 0.809. The predicted molar refractivity (Wildman–Crippen MR) is 100 cm³/mol. The topological polar surface area (TPSA) is 24.8 Å². The van der Waals surface area contributed by atoms with Crippen molar-refractivity contribution in [2.75, 3.05) is 11.4 Å². The van der Waals surface area contributed by atoms with E-state index in [-0.39, 0.29) is 0 Å². The van der Waals surface area contributed by atoms with Crippen LogP contribution in [-0.4, -0.2) is 12.8 Å². The van der Waals surface area contributed by atoms with Crippen LogP contribution >= 0.6 is 0 Å². The molecule has 0 radical (unpaired) electrons. The highest BCUT2D eigenvalue weighted by molar-refractivity contribution is 5.99. The molecule has 0 saturated heterocycles. The number of ether oxygens (including phenoxy) is 1. The molecule has 3 nitrogen and oxygen atoms in total. The van der Waals surface area contributed by atoms with E-state index in [9.17, 15) is 0 Å². The first-order valence-electron chi connectivity index (χ1n) is 8.13. The van der Waals surface area contributed by atoms with Crippen LogP contribution < -0.4 is 9.64 Å². The van der Waals surface area contributed by atoms with Crippen LogP contribution in [-0.2, 0) is 0 Å². The van der Waals surface area contributed by atoms with E-state index in [2.05, 4.69) is 47.1 Å². The van der Waals surface area contributed by atoms with Gasteiger partial charge in [-0.25, -0.2) is 0 Å². The highest BCUT2D eigenvalue weighted by Crippen LogP contribution is 2.43. The van der Waals surface area contributed by atoms with Crippen molar-refractivity contribution in [2.45, 2.75) is 6.92 Å². The first-order valence-corrected chi connectivity index (χ1v) is 8.13. The van der Waals surface area contributed by atoms with E-state index < -0.39 is 0 Å². The molecule has 3 heteroatoms. The van der Waals surface area contributed by atoms with Crippen molar-refractivity contribution < 1.29 is 4.74 Å². The van der Waals surface area contributed by atoms with Gasteiger partial charge in [-0.1, -0.05) is 48.5 Å². The van der Waals surface area contributed by atoms with Gasteiger partial charge in [-0.05, 0) is 30.5 Å². The lowest BCUT2D eigenvalue weighted by Gasteiger charge is -2.16. The Balaban J connectivity index is 1.70. The van der Waals surface area contributed by atoms with Gasteiger partial charge in [0.25, 0.3) is 0 Å². The Hall–Kier alpha value is -3.07. The number of fused-ring (bicyclic) bond motifs is 3. The number of anilines is 1. The molecular formula is C21H18N2O. The third-order valence-corrected chi connectivity index (χ3v) is 4.13. The van der Waals surface area contributed by atoms with E-state index in [0.717, 1.165) is 29.6 Å². The molecule has 0 unspecified atom stereocenters. The molecule has 1 aliphatic heterocycles. The summed E-state index contributed by atoms with van der Waals surface area (Å²) >= 11 is 0. The molecule has 118 valence electrons. The molecule has 0 aromatic heterocycles. The summed E-state index contributed by atoms with van der Waals surface area (Å²) in [6.07, 6.45) is 3.71. The molecule has 0 bridgehead atoms. The minimum Gasteiger partial charge on any atom is -0.439 e. The lowest BCUT2D eigenvalue weighted by atomic mass is 10.1. The van der Waals surface area contributed by atoms with Gasteiger partial charge < -0.3 is 9.64 Å². The van der Waals surface area contributed by atoms with E-state index in [1.807, 2.05) is 42.5 Å². The average Bonchev–Trinajstić information content (AvgIpc) is 3.00. The molecule has 0 aliphatic carbocycles. The Labute approximate surface area is 141 Å². The molecule has 0 atom stereocenters. The van der Waals surface area contributed by atoms with E-state index in [1.54, 1.807) is 6.21 Å². The van der Waals surface area contributed by atoms with Gasteiger partial charge >= 0.3 is 0 Å².